The van der Waals surface area contributed by atoms with Crippen molar-refractivity contribution < 1.29 is 9.53 Å². The van der Waals surface area contributed by atoms with E-state index in [-0.39, 0.29) is 12.2 Å². The molecule has 4 nitrogen and oxygen atoms in total. The van der Waals surface area contributed by atoms with Gasteiger partial charge in [-0.05, 0) is 37.8 Å². The number of rotatable bonds is 2. The summed E-state index contributed by atoms with van der Waals surface area (Å²) in [7, 11) is 0. The number of aromatic nitrogens is 1. The van der Waals surface area contributed by atoms with Crippen LogP contribution in [0.1, 0.15) is 25.7 Å². The molecule has 0 bridgehead atoms. The van der Waals surface area contributed by atoms with E-state index in [1.807, 2.05) is 30.3 Å². The molecule has 18 heavy (non-hydrogen) atoms. The Morgan fingerprint density at radius 3 is 2.83 bits per heavy atom. The second kappa shape index (κ2) is 4.72. The van der Waals surface area contributed by atoms with Crippen molar-refractivity contribution in [3.05, 3.63) is 30.3 Å². The van der Waals surface area contributed by atoms with Crippen LogP contribution in [-0.4, -0.2) is 17.2 Å². The monoisotopic (exact) mass is 244 g/mol. The Labute approximate surface area is 105 Å². The molecule has 1 saturated carbocycles. The SMILES string of the molecule is O=C(Nc1cc2ccccc2[nH]1)OC1CCCC1. The van der Waals surface area contributed by atoms with Gasteiger partial charge in [0, 0.05) is 10.9 Å². The molecule has 4 heteroatoms. The van der Waals surface area contributed by atoms with Crippen LogP contribution in [0.2, 0.25) is 0 Å². The molecule has 1 aromatic heterocycles. The van der Waals surface area contributed by atoms with E-state index >= 15 is 0 Å². The number of fused-ring (bicyclic) bond motifs is 1. The average molecular weight is 244 g/mol. The molecule has 0 unspecified atom stereocenters. The normalized spacial score (nSPS) is 16.0. The van der Waals surface area contributed by atoms with Gasteiger partial charge in [0.25, 0.3) is 0 Å². The van der Waals surface area contributed by atoms with Crippen LogP contribution in [0.15, 0.2) is 30.3 Å². The lowest BCUT2D eigenvalue weighted by Gasteiger charge is -2.11. The van der Waals surface area contributed by atoms with Gasteiger partial charge in [0.05, 0.1) is 0 Å². The maximum absolute atomic E-state index is 11.7. The zero-order chi connectivity index (χ0) is 12.4. The molecular weight excluding hydrogens is 228 g/mol. The number of amides is 1. The Morgan fingerprint density at radius 1 is 1.28 bits per heavy atom. The zero-order valence-electron chi connectivity index (χ0n) is 10.1. The van der Waals surface area contributed by atoms with Crippen molar-refractivity contribution in [3.8, 4) is 0 Å². The van der Waals surface area contributed by atoms with E-state index in [0.29, 0.717) is 5.82 Å². The Kier molecular flexibility index (Phi) is 2.92. The molecule has 1 aliphatic carbocycles. The molecular formula is C14H16N2O2. The van der Waals surface area contributed by atoms with Crippen LogP contribution in [0.5, 0.6) is 0 Å². The fourth-order valence-corrected chi connectivity index (χ4v) is 2.44. The zero-order valence-corrected chi connectivity index (χ0v) is 10.1. The van der Waals surface area contributed by atoms with Gasteiger partial charge in [-0.2, -0.15) is 0 Å². The molecule has 0 aliphatic heterocycles. The molecule has 1 amide bonds. The summed E-state index contributed by atoms with van der Waals surface area (Å²) in [5.41, 5.74) is 1.01. The molecule has 1 fully saturated rings. The molecule has 0 saturated heterocycles. The standard InChI is InChI=1S/C14H16N2O2/c17-14(18-11-6-2-3-7-11)16-13-9-10-5-1-4-8-12(10)15-13/h1,4-5,8-9,11,15H,2-3,6-7H2,(H,16,17). The van der Waals surface area contributed by atoms with E-state index < -0.39 is 0 Å². The number of para-hydroxylation sites is 1. The first-order chi connectivity index (χ1) is 8.81. The quantitative estimate of drug-likeness (QED) is 0.847. The van der Waals surface area contributed by atoms with Crippen molar-refractivity contribution in [2.24, 2.45) is 0 Å². The van der Waals surface area contributed by atoms with Crippen LogP contribution < -0.4 is 5.32 Å². The molecule has 2 N–H and O–H groups in total. The van der Waals surface area contributed by atoms with Crippen LogP contribution >= 0.6 is 0 Å². The van der Waals surface area contributed by atoms with E-state index in [4.69, 9.17) is 4.74 Å². The molecule has 1 aliphatic rings. The lowest BCUT2D eigenvalue weighted by molar-refractivity contribution is 0.114. The molecule has 3 rings (SSSR count). The number of anilines is 1. The van der Waals surface area contributed by atoms with E-state index in [9.17, 15) is 4.79 Å². The summed E-state index contributed by atoms with van der Waals surface area (Å²) in [5.74, 6) is 0.680. The maximum atomic E-state index is 11.7. The summed E-state index contributed by atoms with van der Waals surface area (Å²) in [6.45, 7) is 0. The number of nitrogens with one attached hydrogen (secondary N) is 2. The second-order valence-corrected chi connectivity index (χ2v) is 4.71. The predicted molar refractivity (Wildman–Crippen MR) is 70.7 cm³/mol. The van der Waals surface area contributed by atoms with Gasteiger partial charge in [-0.3, -0.25) is 5.32 Å². The second-order valence-electron chi connectivity index (χ2n) is 4.71. The molecule has 0 radical (unpaired) electrons. The number of ether oxygens (including phenoxy) is 1. The van der Waals surface area contributed by atoms with Gasteiger partial charge < -0.3 is 9.72 Å². The Morgan fingerprint density at radius 2 is 2.06 bits per heavy atom. The maximum Gasteiger partial charge on any atom is 0.413 e. The minimum Gasteiger partial charge on any atom is -0.446 e. The van der Waals surface area contributed by atoms with Gasteiger partial charge in [-0.1, -0.05) is 18.2 Å². The van der Waals surface area contributed by atoms with Crippen molar-refractivity contribution in [3.63, 3.8) is 0 Å². The molecule has 0 spiro atoms. The number of hydrogen-bond donors (Lipinski definition) is 2. The van der Waals surface area contributed by atoms with Crippen molar-refractivity contribution in [1.82, 2.24) is 4.98 Å². The summed E-state index contributed by atoms with van der Waals surface area (Å²) in [6, 6.07) is 9.81. The van der Waals surface area contributed by atoms with Crippen LogP contribution in [-0.2, 0) is 4.74 Å². The third kappa shape index (κ3) is 2.32. The highest BCUT2D eigenvalue weighted by Gasteiger charge is 2.19. The molecule has 1 heterocycles. The summed E-state index contributed by atoms with van der Waals surface area (Å²) < 4.78 is 5.34. The first-order valence-corrected chi connectivity index (χ1v) is 6.37. The van der Waals surface area contributed by atoms with Gasteiger partial charge >= 0.3 is 6.09 Å². The van der Waals surface area contributed by atoms with E-state index in [2.05, 4.69) is 10.3 Å². The minimum absolute atomic E-state index is 0.0920. The Bertz CT molecular complexity index is 523. The summed E-state index contributed by atoms with van der Waals surface area (Å²) in [6.07, 6.45) is 4.01. The molecule has 1 aromatic carbocycles. The topological polar surface area (TPSA) is 54.1 Å². The largest absolute Gasteiger partial charge is 0.446 e. The van der Waals surface area contributed by atoms with Crippen LogP contribution in [0.4, 0.5) is 10.6 Å². The third-order valence-corrected chi connectivity index (χ3v) is 3.34. The van der Waals surface area contributed by atoms with Gasteiger partial charge in [0.2, 0.25) is 0 Å². The van der Waals surface area contributed by atoms with E-state index in [1.54, 1.807) is 0 Å². The van der Waals surface area contributed by atoms with Crippen molar-refractivity contribution in [2.45, 2.75) is 31.8 Å². The van der Waals surface area contributed by atoms with Gasteiger partial charge in [0.15, 0.2) is 0 Å². The Hall–Kier alpha value is -1.97. The average Bonchev–Trinajstić information content (AvgIpc) is 2.96. The number of carbonyl (C=O) groups is 1. The number of aromatic amines is 1. The molecule has 2 aromatic rings. The number of hydrogen-bond acceptors (Lipinski definition) is 2. The summed E-state index contributed by atoms with van der Waals surface area (Å²) in [5, 5.41) is 3.82. The highest BCUT2D eigenvalue weighted by Crippen LogP contribution is 2.22. The highest BCUT2D eigenvalue weighted by molar-refractivity contribution is 5.90. The molecule has 0 atom stereocenters. The number of H-pyrrole nitrogens is 1. The molecule has 94 valence electrons. The van der Waals surface area contributed by atoms with Gasteiger partial charge in [0.1, 0.15) is 11.9 Å². The van der Waals surface area contributed by atoms with Crippen LogP contribution in [0.25, 0.3) is 10.9 Å². The third-order valence-electron chi connectivity index (χ3n) is 3.34. The smallest absolute Gasteiger partial charge is 0.413 e. The van der Waals surface area contributed by atoms with Gasteiger partial charge in [-0.25, -0.2) is 4.79 Å². The Balaban J connectivity index is 1.66. The fourth-order valence-electron chi connectivity index (χ4n) is 2.44. The van der Waals surface area contributed by atoms with Crippen molar-refractivity contribution in [2.75, 3.05) is 5.32 Å². The summed E-state index contributed by atoms with van der Waals surface area (Å²) >= 11 is 0. The highest BCUT2D eigenvalue weighted by atomic mass is 16.6. The van der Waals surface area contributed by atoms with Gasteiger partial charge in [-0.15, -0.1) is 0 Å². The first-order valence-electron chi connectivity index (χ1n) is 6.37. The number of benzene rings is 1. The van der Waals surface area contributed by atoms with Crippen LogP contribution in [0.3, 0.4) is 0 Å². The lowest BCUT2D eigenvalue weighted by atomic mass is 10.2. The fraction of sp³-hybridized carbons (Fsp3) is 0.357. The van der Waals surface area contributed by atoms with E-state index in [0.717, 1.165) is 36.6 Å². The van der Waals surface area contributed by atoms with Crippen molar-refractivity contribution >= 4 is 22.8 Å². The minimum atomic E-state index is -0.367. The first kappa shape index (κ1) is 11.1. The number of carbonyl (C=O) groups excluding carboxylic acids is 1. The van der Waals surface area contributed by atoms with Crippen LogP contribution in [0, 0.1) is 0 Å². The van der Waals surface area contributed by atoms with Crippen molar-refractivity contribution in [1.29, 1.82) is 0 Å². The lowest BCUT2D eigenvalue weighted by Crippen LogP contribution is -2.20. The van der Waals surface area contributed by atoms with E-state index in [1.165, 1.54) is 0 Å². The summed E-state index contributed by atoms with van der Waals surface area (Å²) in [4.78, 5) is 14.8. The predicted octanol–water partition coefficient (Wildman–Crippen LogP) is 3.66.